The first-order valence-electron chi connectivity index (χ1n) is 9.71. The summed E-state index contributed by atoms with van der Waals surface area (Å²) in [5.41, 5.74) is 0.182. The van der Waals surface area contributed by atoms with Crippen LogP contribution >= 0.6 is 0 Å². The molecule has 1 aliphatic rings. The molecule has 31 heavy (non-hydrogen) atoms. The Bertz CT molecular complexity index is 1060. The molecule has 0 aliphatic carbocycles. The number of ether oxygens (including phenoxy) is 3. The minimum atomic E-state index is -1.18. The second-order valence-electron chi connectivity index (χ2n) is 7.32. The van der Waals surface area contributed by atoms with Crippen LogP contribution in [0, 0.1) is 22.7 Å². The molecule has 2 N–H and O–H groups in total. The van der Waals surface area contributed by atoms with E-state index in [-0.39, 0.29) is 31.7 Å². The van der Waals surface area contributed by atoms with E-state index in [1.165, 1.54) is 24.9 Å². The quantitative estimate of drug-likeness (QED) is 0.653. The maximum absolute atomic E-state index is 12.1. The summed E-state index contributed by atoms with van der Waals surface area (Å²) in [6.45, 7) is 0.399. The van der Waals surface area contributed by atoms with Crippen LogP contribution in [0.15, 0.2) is 41.3 Å². The van der Waals surface area contributed by atoms with Gasteiger partial charge in [0.05, 0.1) is 49.1 Å². The first-order chi connectivity index (χ1) is 15.0. The van der Waals surface area contributed by atoms with Crippen LogP contribution in [0.2, 0.25) is 0 Å². The molecule has 0 unspecified atom stereocenters. The number of aliphatic hydroxyl groups excluding tert-OH is 1. The topological polar surface area (TPSA) is 130 Å². The number of aromatic nitrogens is 1. The van der Waals surface area contributed by atoms with Crippen molar-refractivity contribution in [1.29, 1.82) is 10.5 Å². The molecule has 9 nitrogen and oxygen atoms in total. The molecule has 162 valence electrons. The molecule has 0 radical (unpaired) electrons. The molecule has 1 aromatic heterocycles. The molecule has 1 aliphatic heterocycles. The molecule has 0 saturated carbocycles. The van der Waals surface area contributed by atoms with Crippen molar-refractivity contribution in [3.63, 3.8) is 0 Å². The number of benzene rings is 1. The highest BCUT2D eigenvalue weighted by molar-refractivity contribution is 5.52. The molecular formula is C22H24N4O5. The molecular weight excluding hydrogens is 400 g/mol. The molecule has 0 amide bonds. The zero-order valence-electron chi connectivity index (χ0n) is 17.4. The molecule has 2 atom stereocenters. The van der Waals surface area contributed by atoms with Crippen LogP contribution in [0.3, 0.4) is 0 Å². The van der Waals surface area contributed by atoms with E-state index in [1.54, 1.807) is 30.5 Å². The Hall–Kier alpha value is -3.37. The van der Waals surface area contributed by atoms with Gasteiger partial charge in [-0.15, -0.1) is 0 Å². The lowest BCUT2D eigenvalue weighted by molar-refractivity contribution is -0.142. The van der Waals surface area contributed by atoms with Gasteiger partial charge in [0.25, 0.3) is 5.56 Å². The lowest BCUT2D eigenvalue weighted by Gasteiger charge is -2.45. The van der Waals surface area contributed by atoms with Gasteiger partial charge in [-0.05, 0) is 24.3 Å². The Morgan fingerprint density at radius 2 is 1.97 bits per heavy atom. The van der Waals surface area contributed by atoms with Gasteiger partial charge in [0.1, 0.15) is 11.9 Å². The van der Waals surface area contributed by atoms with Crippen LogP contribution in [0.1, 0.15) is 23.6 Å². The van der Waals surface area contributed by atoms with Gasteiger partial charge in [-0.1, -0.05) is 0 Å². The van der Waals surface area contributed by atoms with Gasteiger partial charge >= 0.3 is 0 Å². The number of nitrogens with one attached hydrogen (secondary N) is 1. The maximum Gasteiger partial charge on any atom is 0.250 e. The Labute approximate surface area is 180 Å². The third-order valence-corrected chi connectivity index (χ3v) is 5.19. The standard InChI is InChI=1S/C22H24N4O5/c1-29-13-22(14-30-2)21(28)20(17-10-15(11-24)4-6-18(17)31-22)25-16-5-7-19(27)26(12-16)9-3-8-23/h4-7,10,12,20-21,25,28H,3,9,13-14H2,1-2H3/t20-,21+/m1/s1. The first-order valence-corrected chi connectivity index (χ1v) is 9.71. The number of aliphatic hydroxyl groups is 1. The molecule has 9 heteroatoms. The van der Waals surface area contributed by atoms with E-state index in [9.17, 15) is 15.2 Å². The number of nitrogens with zero attached hydrogens (tertiary/aromatic N) is 3. The highest BCUT2D eigenvalue weighted by atomic mass is 16.6. The van der Waals surface area contributed by atoms with E-state index in [4.69, 9.17) is 19.5 Å². The summed E-state index contributed by atoms with van der Waals surface area (Å²) in [4.78, 5) is 12.1. The third kappa shape index (κ3) is 4.54. The molecule has 2 aromatic rings. The number of hydrogen-bond acceptors (Lipinski definition) is 8. The van der Waals surface area contributed by atoms with Crippen LogP contribution in [0.5, 0.6) is 5.75 Å². The zero-order valence-corrected chi connectivity index (χ0v) is 17.4. The summed E-state index contributed by atoms with van der Waals surface area (Å²) in [5, 5.41) is 32.7. The first kappa shape index (κ1) is 22.3. The summed E-state index contributed by atoms with van der Waals surface area (Å²) in [7, 11) is 3.02. The molecule has 0 spiro atoms. The molecule has 0 fully saturated rings. The van der Waals surface area contributed by atoms with Crippen molar-refractivity contribution in [3.8, 4) is 17.9 Å². The monoisotopic (exact) mass is 424 g/mol. The Balaban J connectivity index is 2.05. The van der Waals surface area contributed by atoms with E-state index < -0.39 is 17.7 Å². The van der Waals surface area contributed by atoms with Crippen molar-refractivity contribution >= 4 is 5.69 Å². The van der Waals surface area contributed by atoms with E-state index in [0.717, 1.165) is 0 Å². The second kappa shape index (κ2) is 9.63. The lowest BCUT2D eigenvalue weighted by atomic mass is 9.84. The highest BCUT2D eigenvalue weighted by Gasteiger charge is 2.50. The fourth-order valence-corrected chi connectivity index (χ4v) is 3.77. The van der Waals surface area contributed by atoms with Gasteiger partial charge in [0.2, 0.25) is 0 Å². The molecule has 0 bridgehead atoms. The number of anilines is 1. The van der Waals surface area contributed by atoms with Crippen molar-refractivity contribution in [2.24, 2.45) is 0 Å². The third-order valence-electron chi connectivity index (χ3n) is 5.19. The molecule has 2 heterocycles. The summed E-state index contributed by atoms with van der Waals surface area (Å²) in [6.07, 6.45) is 0.695. The van der Waals surface area contributed by atoms with Crippen molar-refractivity contribution in [1.82, 2.24) is 4.57 Å². The minimum absolute atomic E-state index is 0.0707. The van der Waals surface area contributed by atoms with E-state index in [2.05, 4.69) is 11.4 Å². The number of nitriles is 2. The molecule has 0 saturated heterocycles. The summed E-state index contributed by atoms with van der Waals surface area (Å²) >= 11 is 0. The van der Waals surface area contributed by atoms with Gasteiger partial charge in [0, 0.05) is 38.6 Å². The number of aryl methyl sites for hydroxylation is 1. The van der Waals surface area contributed by atoms with E-state index in [0.29, 0.717) is 22.6 Å². The minimum Gasteiger partial charge on any atom is -0.479 e. The lowest BCUT2D eigenvalue weighted by Crippen LogP contribution is -2.60. The largest absolute Gasteiger partial charge is 0.479 e. The van der Waals surface area contributed by atoms with Crippen LogP contribution in [-0.2, 0) is 16.0 Å². The van der Waals surface area contributed by atoms with Crippen LogP contribution in [0.4, 0.5) is 5.69 Å². The zero-order chi connectivity index (χ0) is 22.4. The number of rotatable bonds is 8. The Morgan fingerprint density at radius 1 is 1.23 bits per heavy atom. The highest BCUT2D eigenvalue weighted by Crippen LogP contribution is 2.42. The fourth-order valence-electron chi connectivity index (χ4n) is 3.77. The SMILES string of the molecule is COCC1(COC)Oc2ccc(C#N)cc2[C@@H](Nc2ccc(=O)n(CCC#N)c2)[C@@H]1O. The Kier molecular flexibility index (Phi) is 6.93. The average Bonchev–Trinajstić information content (AvgIpc) is 2.77. The average molecular weight is 424 g/mol. The smallest absolute Gasteiger partial charge is 0.250 e. The summed E-state index contributed by atoms with van der Waals surface area (Å²) in [5.74, 6) is 0.494. The maximum atomic E-state index is 12.1. The molecule has 3 rings (SSSR count). The predicted octanol–water partition coefficient (Wildman–Crippen LogP) is 1.57. The van der Waals surface area contributed by atoms with E-state index in [1.807, 2.05) is 6.07 Å². The van der Waals surface area contributed by atoms with E-state index >= 15 is 0 Å². The van der Waals surface area contributed by atoms with Gasteiger partial charge in [-0.3, -0.25) is 4.79 Å². The van der Waals surface area contributed by atoms with Crippen molar-refractivity contribution in [3.05, 3.63) is 58.0 Å². The summed E-state index contributed by atoms with van der Waals surface area (Å²) < 4.78 is 18.2. The number of hydrogen-bond donors (Lipinski definition) is 2. The number of methoxy groups -OCH3 is 2. The van der Waals surface area contributed by atoms with Gasteiger partial charge in [-0.2, -0.15) is 10.5 Å². The number of fused-ring (bicyclic) bond motifs is 1. The fraction of sp³-hybridized carbons (Fsp3) is 0.409. The van der Waals surface area contributed by atoms with Crippen molar-refractivity contribution in [2.75, 3.05) is 32.8 Å². The second-order valence-corrected chi connectivity index (χ2v) is 7.32. The molecule has 1 aromatic carbocycles. The van der Waals surface area contributed by atoms with Crippen LogP contribution < -0.4 is 15.6 Å². The van der Waals surface area contributed by atoms with Gasteiger partial charge < -0.3 is 29.2 Å². The predicted molar refractivity (Wildman–Crippen MR) is 112 cm³/mol. The Morgan fingerprint density at radius 3 is 2.61 bits per heavy atom. The normalized spacial score (nSPS) is 18.9. The number of pyridine rings is 1. The van der Waals surface area contributed by atoms with Crippen molar-refractivity contribution < 1.29 is 19.3 Å². The van der Waals surface area contributed by atoms with Crippen LogP contribution in [-0.4, -0.2) is 48.8 Å². The van der Waals surface area contributed by atoms with Gasteiger partial charge in [0.15, 0.2) is 5.60 Å². The van der Waals surface area contributed by atoms with Gasteiger partial charge in [-0.25, -0.2) is 0 Å². The summed E-state index contributed by atoms with van der Waals surface area (Å²) in [6, 6.07) is 11.4. The van der Waals surface area contributed by atoms with Crippen molar-refractivity contribution in [2.45, 2.75) is 30.7 Å². The van der Waals surface area contributed by atoms with Crippen LogP contribution in [0.25, 0.3) is 0 Å².